The van der Waals surface area contributed by atoms with Crippen molar-refractivity contribution in [2.45, 2.75) is 58.7 Å². The molecule has 0 spiro atoms. The van der Waals surface area contributed by atoms with E-state index >= 15 is 0 Å². The lowest BCUT2D eigenvalue weighted by Gasteiger charge is -2.31. The van der Waals surface area contributed by atoms with Crippen molar-refractivity contribution in [3.8, 4) is 0 Å². The summed E-state index contributed by atoms with van der Waals surface area (Å²) < 4.78 is 29.4. The Hall–Kier alpha value is -1.83. The van der Waals surface area contributed by atoms with Crippen LogP contribution in [0.1, 0.15) is 46.2 Å². The maximum absolute atomic E-state index is 12.5. The third kappa shape index (κ3) is 5.99. The van der Waals surface area contributed by atoms with Gasteiger partial charge in [-0.2, -0.15) is 9.19 Å². The molecule has 1 aromatic heterocycles. The maximum Gasteiger partial charge on any atom is 0.411 e. The summed E-state index contributed by atoms with van der Waals surface area (Å²) >= 11 is 0. The molecule has 0 saturated heterocycles. The van der Waals surface area contributed by atoms with E-state index in [9.17, 15) is 13.2 Å². The van der Waals surface area contributed by atoms with Crippen LogP contribution in [0, 0.1) is 0 Å². The smallest absolute Gasteiger partial charge is 0.411 e. The quantitative estimate of drug-likeness (QED) is 0.701. The van der Waals surface area contributed by atoms with Crippen LogP contribution in [0.4, 0.5) is 4.79 Å². The molecule has 1 aromatic rings. The van der Waals surface area contributed by atoms with Crippen molar-refractivity contribution >= 4 is 16.1 Å². The minimum Gasteiger partial charge on any atom is -0.444 e. The van der Waals surface area contributed by atoms with Gasteiger partial charge in [0.25, 0.3) is 10.0 Å². The molecule has 1 atom stereocenters. The summed E-state index contributed by atoms with van der Waals surface area (Å²) in [6.07, 6.45) is 5.25. The highest BCUT2D eigenvalue weighted by molar-refractivity contribution is 7.89. The number of carbonyl (C=O) groups is 1. The number of rotatable bonds is 7. The summed E-state index contributed by atoms with van der Waals surface area (Å²) in [5, 5.41) is 4.02. The van der Waals surface area contributed by atoms with Crippen LogP contribution in [0.15, 0.2) is 24.9 Å². The highest BCUT2D eigenvalue weighted by Gasteiger charge is 2.27. The van der Waals surface area contributed by atoms with Crippen LogP contribution >= 0.6 is 0 Å². The molecule has 0 fully saturated rings. The van der Waals surface area contributed by atoms with Crippen LogP contribution in [0.3, 0.4) is 0 Å². The van der Waals surface area contributed by atoms with Crippen molar-refractivity contribution in [2.24, 2.45) is 0 Å². The average molecular weight is 357 g/mol. The number of hydrogen-bond donors (Lipinski definition) is 0. The zero-order valence-electron chi connectivity index (χ0n) is 15.0. The Kier molecular flexibility index (Phi) is 6.59. The van der Waals surface area contributed by atoms with Gasteiger partial charge in [-0.05, 0) is 33.3 Å². The SMILES string of the molecule is C=CC(CCC)N(Cc1ccn(S(C)(=O)=O)n1)C(=O)OC(C)(C)C. The largest absolute Gasteiger partial charge is 0.444 e. The van der Waals surface area contributed by atoms with Crippen LogP contribution < -0.4 is 0 Å². The highest BCUT2D eigenvalue weighted by Crippen LogP contribution is 2.18. The van der Waals surface area contributed by atoms with E-state index in [-0.39, 0.29) is 12.6 Å². The standard InChI is InChI=1S/C16H27N3O4S/c1-7-9-14(8-2)18(15(20)23-16(3,4)5)12-13-10-11-19(17-13)24(6,21)22/h8,10-11,14H,2,7,9,12H2,1,3-6H3. The van der Waals surface area contributed by atoms with Crippen LogP contribution in [-0.4, -0.2) is 46.5 Å². The summed E-state index contributed by atoms with van der Waals surface area (Å²) in [7, 11) is -3.45. The Morgan fingerprint density at radius 2 is 2.12 bits per heavy atom. The highest BCUT2D eigenvalue weighted by atomic mass is 32.2. The Morgan fingerprint density at radius 1 is 1.50 bits per heavy atom. The molecule has 0 aliphatic carbocycles. The third-order valence-electron chi connectivity index (χ3n) is 3.18. The summed E-state index contributed by atoms with van der Waals surface area (Å²) in [6.45, 7) is 11.3. The van der Waals surface area contributed by atoms with Gasteiger partial charge in [-0.15, -0.1) is 6.58 Å². The average Bonchev–Trinajstić information content (AvgIpc) is 2.89. The van der Waals surface area contributed by atoms with Gasteiger partial charge in [0.15, 0.2) is 0 Å². The van der Waals surface area contributed by atoms with Crippen LogP contribution in [0.5, 0.6) is 0 Å². The Morgan fingerprint density at radius 3 is 2.54 bits per heavy atom. The number of hydrogen-bond acceptors (Lipinski definition) is 5. The lowest BCUT2D eigenvalue weighted by molar-refractivity contribution is 0.0170. The van der Waals surface area contributed by atoms with Gasteiger partial charge in [-0.3, -0.25) is 4.90 Å². The molecule has 0 aromatic carbocycles. The molecule has 1 rings (SSSR count). The minimum absolute atomic E-state index is 0.147. The molecule has 136 valence electrons. The fourth-order valence-corrected chi connectivity index (χ4v) is 2.66. The van der Waals surface area contributed by atoms with Crippen LogP contribution in [-0.2, 0) is 21.3 Å². The van der Waals surface area contributed by atoms with Gasteiger partial charge in [0.2, 0.25) is 0 Å². The van der Waals surface area contributed by atoms with Crippen molar-refractivity contribution < 1.29 is 17.9 Å². The summed E-state index contributed by atoms with van der Waals surface area (Å²) in [4.78, 5) is 14.1. The third-order valence-corrected chi connectivity index (χ3v) is 4.06. The second-order valence-corrected chi connectivity index (χ2v) is 8.48. The van der Waals surface area contributed by atoms with Gasteiger partial charge in [-0.25, -0.2) is 13.2 Å². The molecule has 0 bridgehead atoms. The molecule has 1 heterocycles. The van der Waals surface area contributed by atoms with E-state index in [0.717, 1.165) is 23.2 Å². The van der Waals surface area contributed by atoms with Gasteiger partial charge in [0.1, 0.15) is 5.60 Å². The second-order valence-electron chi connectivity index (χ2n) is 6.64. The zero-order chi connectivity index (χ0) is 18.5. The molecule has 8 heteroatoms. The lowest BCUT2D eigenvalue weighted by atomic mass is 10.1. The first-order valence-electron chi connectivity index (χ1n) is 7.85. The van der Waals surface area contributed by atoms with E-state index in [1.807, 2.05) is 6.92 Å². The van der Waals surface area contributed by atoms with E-state index in [2.05, 4.69) is 11.7 Å². The number of nitrogens with zero attached hydrogens (tertiary/aromatic N) is 3. The van der Waals surface area contributed by atoms with E-state index in [4.69, 9.17) is 4.74 Å². The second kappa shape index (κ2) is 7.83. The fourth-order valence-electron chi connectivity index (χ4n) is 2.12. The van der Waals surface area contributed by atoms with Crippen molar-refractivity contribution in [2.75, 3.05) is 6.26 Å². The molecular weight excluding hydrogens is 330 g/mol. The van der Waals surface area contributed by atoms with Crippen LogP contribution in [0.25, 0.3) is 0 Å². The molecule has 7 nitrogen and oxygen atoms in total. The Labute approximate surface area is 144 Å². The van der Waals surface area contributed by atoms with E-state index < -0.39 is 21.7 Å². The number of aromatic nitrogens is 2. The predicted molar refractivity (Wildman–Crippen MR) is 93.1 cm³/mol. The van der Waals surface area contributed by atoms with Crippen molar-refractivity contribution in [1.82, 2.24) is 14.1 Å². The normalized spacial score (nSPS) is 13.4. The Bertz CT molecular complexity index is 674. The number of amides is 1. The Balaban J connectivity index is 3.06. The molecule has 0 saturated carbocycles. The van der Waals surface area contributed by atoms with Gasteiger partial charge >= 0.3 is 6.09 Å². The predicted octanol–water partition coefficient (Wildman–Crippen LogP) is 2.78. The lowest BCUT2D eigenvalue weighted by Crippen LogP contribution is -2.42. The summed E-state index contributed by atoms with van der Waals surface area (Å²) in [5.41, 5.74) is -0.159. The maximum atomic E-state index is 12.5. The summed E-state index contributed by atoms with van der Waals surface area (Å²) in [5.74, 6) is 0. The first-order valence-corrected chi connectivity index (χ1v) is 9.70. The molecule has 0 radical (unpaired) electrons. The fraction of sp³-hybridized carbons (Fsp3) is 0.625. The molecule has 0 aliphatic rings. The van der Waals surface area contributed by atoms with Crippen LogP contribution in [0.2, 0.25) is 0 Å². The van der Waals surface area contributed by atoms with Crippen molar-refractivity contribution in [3.05, 3.63) is 30.6 Å². The van der Waals surface area contributed by atoms with E-state index in [1.165, 1.54) is 11.1 Å². The first-order chi connectivity index (χ1) is 11.0. The molecule has 1 amide bonds. The van der Waals surface area contributed by atoms with E-state index in [1.54, 1.807) is 32.9 Å². The van der Waals surface area contributed by atoms with Crippen molar-refractivity contribution in [3.63, 3.8) is 0 Å². The van der Waals surface area contributed by atoms with E-state index in [0.29, 0.717) is 5.69 Å². The molecular formula is C16H27N3O4S. The topological polar surface area (TPSA) is 81.5 Å². The number of ether oxygens (including phenoxy) is 1. The van der Waals surface area contributed by atoms with Gasteiger partial charge in [0, 0.05) is 6.20 Å². The molecule has 24 heavy (non-hydrogen) atoms. The minimum atomic E-state index is -3.45. The number of carbonyl (C=O) groups excluding carboxylic acids is 1. The summed E-state index contributed by atoms with van der Waals surface area (Å²) in [6, 6.07) is 1.36. The zero-order valence-corrected chi connectivity index (χ0v) is 15.8. The van der Waals surface area contributed by atoms with Gasteiger partial charge in [0.05, 0.1) is 24.5 Å². The molecule has 0 N–H and O–H groups in total. The first kappa shape index (κ1) is 20.2. The van der Waals surface area contributed by atoms with Gasteiger partial charge in [-0.1, -0.05) is 19.4 Å². The van der Waals surface area contributed by atoms with Gasteiger partial charge < -0.3 is 4.74 Å². The monoisotopic (exact) mass is 357 g/mol. The van der Waals surface area contributed by atoms with Crippen molar-refractivity contribution in [1.29, 1.82) is 0 Å². The molecule has 1 unspecified atom stereocenters. The molecule has 0 aliphatic heterocycles.